The van der Waals surface area contributed by atoms with E-state index in [1.165, 1.54) is 44.1 Å². The van der Waals surface area contributed by atoms with Gasteiger partial charge in [-0.05, 0) is 54.6 Å². The summed E-state index contributed by atoms with van der Waals surface area (Å²) in [5.74, 6) is 0.808. The zero-order chi connectivity index (χ0) is 14.6. The van der Waals surface area contributed by atoms with Crippen molar-refractivity contribution in [2.24, 2.45) is 0 Å². The van der Waals surface area contributed by atoms with Crippen molar-refractivity contribution in [3.05, 3.63) is 36.8 Å². The van der Waals surface area contributed by atoms with E-state index in [2.05, 4.69) is 26.0 Å². The third-order valence-electron chi connectivity index (χ3n) is 3.58. The highest BCUT2D eigenvalue weighted by atomic mass is 32.2. The third kappa shape index (κ3) is 7.35. The first-order valence-electron chi connectivity index (χ1n) is 8.04. The highest BCUT2D eigenvalue weighted by Crippen LogP contribution is 2.16. The molecule has 1 atom stereocenters. The van der Waals surface area contributed by atoms with Gasteiger partial charge < -0.3 is 4.55 Å². The van der Waals surface area contributed by atoms with Crippen LogP contribution in [0.4, 0.5) is 0 Å². The maximum atomic E-state index is 12.1. The van der Waals surface area contributed by atoms with Gasteiger partial charge in [0.05, 0.1) is 0 Å². The molecule has 2 heteroatoms. The molecule has 0 saturated carbocycles. The van der Waals surface area contributed by atoms with Gasteiger partial charge in [-0.15, -0.1) is 0 Å². The minimum atomic E-state index is -0.812. The molecule has 0 aromatic heterocycles. The van der Waals surface area contributed by atoms with Crippen LogP contribution in [-0.2, 0) is 17.6 Å². The van der Waals surface area contributed by atoms with Crippen LogP contribution in [0, 0.1) is 6.92 Å². The number of aryl methyl sites for hydroxylation is 1. The van der Waals surface area contributed by atoms with Crippen molar-refractivity contribution in [1.29, 1.82) is 0 Å². The summed E-state index contributed by atoms with van der Waals surface area (Å²) < 4.78 is 12.1. The van der Waals surface area contributed by atoms with E-state index >= 15 is 0 Å². The smallest absolute Gasteiger partial charge is 0.152 e. The Bertz CT molecular complexity index is 334. The summed E-state index contributed by atoms with van der Waals surface area (Å²) in [6.45, 7) is 6.06. The number of hydrogen-bond acceptors (Lipinski definition) is 1. The zero-order valence-corrected chi connectivity index (χ0v) is 13.7. The van der Waals surface area contributed by atoms with Gasteiger partial charge in [0.2, 0.25) is 0 Å². The highest BCUT2D eigenvalue weighted by molar-refractivity contribution is 7.91. The number of rotatable bonds is 11. The average Bonchev–Trinajstić information content (AvgIpc) is 2.48. The van der Waals surface area contributed by atoms with Gasteiger partial charge in [-0.2, -0.15) is 0 Å². The summed E-state index contributed by atoms with van der Waals surface area (Å²) in [6.07, 6.45) is 10.6. The highest BCUT2D eigenvalue weighted by Gasteiger charge is 2.09. The van der Waals surface area contributed by atoms with Crippen molar-refractivity contribution in [3.8, 4) is 0 Å². The van der Waals surface area contributed by atoms with Crippen LogP contribution in [0.25, 0.3) is 0 Å². The van der Waals surface area contributed by atoms with Crippen LogP contribution >= 0.6 is 0 Å². The monoisotopic (exact) mass is 293 g/mol. The summed E-state index contributed by atoms with van der Waals surface area (Å²) >= 11 is -0.812. The zero-order valence-electron chi connectivity index (χ0n) is 12.9. The van der Waals surface area contributed by atoms with E-state index in [9.17, 15) is 4.55 Å². The quantitative estimate of drug-likeness (QED) is 0.400. The lowest BCUT2D eigenvalue weighted by atomic mass is 10.1. The minimum Gasteiger partial charge on any atom is -0.611 e. The van der Waals surface area contributed by atoms with E-state index in [0.717, 1.165) is 29.9 Å². The fraction of sp³-hybridized carbons (Fsp3) is 0.611. The molecule has 0 amide bonds. The summed E-state index contributed by atoms with van der Waals surface area (Å²) in [6, 6.07) is 8.38. The van der Waals surface area contributed by atoms with Crippen molar-refractivity contribution in [1.82, 2.24) is 0 Å². The van der Waals surface area contributed by atoms with Crippen LogP contribution in [0.1, 0.15) is 63.9 Å². The molecule has 20 heavy (non-hydrogen) atoms. The van der Waals surface area contributed by atoms with Gasteiger partial charge in [-0.3, -0.25) is 0 Å². The predicted molar refractivity (Wildman–Crippen MR) is 89.4 cm³/mol. The van der Waals surface area contributed by atoms with E-state index in [4.69, 9.17) is 0 Å². The van der Waals surface area contributed by atoms with Crippen LogP contribution in [-0.4, -0.2) is 10.3 Å². The van der Waals surface area contributed by atoms with E-state index in [1.54, 1.807) is 0 Å². The average molecular weight is 293 g/mol. The van der Waals surface area contributed by atoms with Gasteiger partial charge in [0, 0.05) is 0 Å². The predicted octanol–water partition coefficient (Wildman–Crippen LogP) is 5.31. The van der Waals surface area contributed by atoms with Crippen molar-refractivity contribution in [3.63, 3.8) is 0 Å². The standard InChI is InChI=1S/C18H29OS/c1-3-5-7-9-11-17-12-14-18(15-13-17)20(19)16-10-8-6-4-2/h12-15H,1,3-11,16H2,2H3. The van der Waals surface area contributed by atoms with Gasteiger partial charge >= 0.3 is 0 Å². The summed E-state index contributed by atoms with van der Waals surface area (Å²) in [5.41, 5.74) is 1.36. The number of unbranched alkanes of at least 4 members (excludes halogenated alkanes) is 6. The lowest BCUT2D eigenvalue weighted by Crippen LogP contribution is -2.07. The molecule has 0 N–H and O–H groups in total. The van der Waals surface area contributed by atoms with Crippen LogP contribution < -0.4 is 0 Å². The van der Waals surface area contributed by atoms with Crippen LogP contribution in [0.2, 0.25) is 0 Å². The molecule has 1 unspecified atom stereocenters. The van der Waals surface area contributed by atoms with Crippen molar-refractivity contribution >= 4 is 11.2 Å². The molecule has 113 valence electrons. The molecule has 0 aliphatic heterocycles. The molecule has 0 saturated heterocycles. The van der Waals surface area contributed by atoms with E-state index < -0.39 is 11.2 Å². The second-order valence-electron chi connectivity index (χ2n) is 5.42. The van der Waals surface area contributed by atoms with E-state index in [-0.39, 0.29) is 0 Å². The van der Waals surface area contributed by atoms with Crippen molar-refractivity contribution < 1.29 is 4.55 Å². The molecule has 0 heterocycles. The SMILES string of the molecule is [CH2]CCCCCc1ccc([S+]([O-])CCCCCC)cc1. The Balaban J connectivity index is 2.29. The normalized spacial score (nSPS) is 12.6. The molecular weight excluding hydrogens is 264 g/mol. The topological polar surface area (TPSA) is 23.1 Å². The Morgan fingerprint density at radius 2 is 1.65 bits per heavy atom. The van der Waals surface area contributed by atoms with E-state index in [0.29, 0.717) is 0 Å². The van der Waals surface area contributed by atoms with Crippen molar-refractivity contribution in [2.45, 2.75) is 69.6 Å². The van der Waals surface area contributed by atoms with Crippen LogP contribution in [0.15, 0.2) is 29.2 Å². The molecule has 0 aliphatic rings. The van der Waals surface area contributed by atoms with Gasteiger partial charge in [0.1, 0.15) is 5.75 Å². The second-order valence-corrected chi connectivity index (χ2v) is 6.99. The largest absolute Gasteiger partial charge is 0.611 e. The van der Waals surface area contributed by atoms with Crippen molar-refractivity contribution in [2.75, 3.05) is 5.75 Å². The summed E-state index contributed by atoms with van der Waals surface area (Å²) in [4.78, 5) is 0.989. The van der Waals surface area contributed by atoms with Gasteiger partial charge in [0.25, 0.3) is 0 Å². The molecule has 1 aromatic carbocycles. The number of hydrogen-bond donors (Lipinski definition) is 0. The second kappa shape index (κ2) is 11.2. The molecule has 0 spiro atoms. The summed E-state index contributed by atoms with van der Waals surface area (Å²) in [7, 11) is 0. The molecule has 1 rings (SSSR count). The molecule has 1 nitrogen and oxygen atoms in total. The lowest BCUT2D eigenvalue weighted by Gasteiger charge is -2.11. The van der Waals surface area contributed by atoms with Gasteiger partial charge in [0.15, 0.2) is 4.90 Å². The molecule has 0 fully saturated rings. The fourth-order valence-corrected chi connectivity index (χ4v) is 3.41. The maximum Gasteiger partial charge on any atom is 0.152 e. The minimum absolute atomic E-state index is 0.808. The lowest BCUT2D eigenvalue weighted by molar-refractivity contribution is 0.588. The first-order valence-corrected chi connectivity index (χ1v) is 9.36. The number of benzene rings is 1. The van der Waals surface area contributed by atoms with Crippen LogP contribution in [0.3, 0.4) is 0 Å². The van der Waals surface area contributed by atoms with Gasteiger partial charge in [-0.25, -0.2) is 0 Å². The Kier molecular flexibility index (Phi) is 9.86. The fourth-order valence-electron chi connectivity index (χ4n) is 2.27. The van der Waals surface area contributed by atoms with E-state index in [1.807, 2.05) is 12.1 Å². The molecule has 0 bridgehead atoms. The molecule has 0 aliphatic carbocycles. The Labute approximate surface area is 128 Å². The molecule has 1 aromatic rings. The first-order chi connectivity index (χ1) is 9.77. The maximum absolute atomic E-state index is 12.1. The summed E-state index contributed by atoms with van der Waals surface area (Å²) in [5, 5.41) is 0. The first kappa shape index (κ1) is 17.6. The van der Waals surface area contributed by atoms with Gasteiger partial charge in [-0.1, -0.05) is 58.1 Å². The molecular formula is C18H29OS. The Morgan fingerprint density at radius 1 is 0.950 bits per heavy atom. The third-order valence-corrected chi connectivity index (χ3v) is 5.04. The molecule has 1 radical (unpaired) electrons. The Hall–Kier alpha value is -0.470. The Morgan fingerprint density at radius 3 is 2.30 bits per heavy atom. The van der Waals surface area contributed by atoms with Crippen LogP contribution in [0.5, 0.6) is 0 Å².